The third-order valence-electron chi connectivity index (χ3n) is 2.94. The molecule has 0 amide bonds. The molecule has 1 aliphatic rings. The van der Waals surface area contributed by atoms with Gasteiger partial charge in [0.05, 0.1) is 0 Å². The van der Waals surface area contributed by atoms with Gasteiger partial charge in [0, 0.05) is 36.7 Å². The molecule has 1 aliphatic heterocycles. The minimum absolute atomic E-state index is 0.594. The predicted molar refractivity (Wildman–Crippen MR) is 73.5 cm³/mol. The number of halogens is 1. The third-order valence-corrected chi connectivity index (χ3v) is 3.47. The Labute approximate surface area is 111 Å². The average Bonchev–Trinajstić information content (AvgIpc) is 2.32. The Morgan fingerprint density at radius 3 is 2.88 bits per heavy atom. The van der Waals surface area contributed by atoms with Crippen molar-refractivity contribution in [2.24, 2.45) is 0 Å². The molecule has 0 spiro atoms. The normalized spacial score (nSPS) is 21.4. The van der Waals surface area contributed by atoms with Crippen molar-refractivity contribution >= 4 is 15.9 Å². The standard InChI is InChI=1S/C13H19BrN2O/c1-11-10-16(7-6-15-11)8-9-17-13-4-2-12(14)3-5-13/h2-5,11,15H,6-10H2,1H3/t11-/m0/s1. The molecular formula is C13H19BrN2O. The van der Waals surface area contributed by atoms with E-state index in [9.17, 15) is 0 Å². The molecule has 0 bridgehead atoms. The lowest BCUT2D eigenvalue weighted by atomic mass is 10.2. The zero-order chi connectivity index (χ0) is 12.1. The zero-order valence-electron chi connectivity index (χ0n) is 10.2. The fraction of sp³-hybridized carbons (Fsp3) is 0.538. The Morgan fingerprint density at radius 2 is 2.18 bits per heavy atom. The van der Waals surface area contributed by atoms with E-state index in [2.05, 4.69) is 33.1 Å². The maximum absolute atomic E-state index is 5.72. The highest BCUT2D eigenvalue weighted by Gasteiger charge is 2.14. The summed E-state index contributed by atoms with van der Waals surface area (Å²) in [5.41, 5.74) is 0. The van der Waals surface area contributed by atoms with Gasteiger partial charge in [-0.2, -0.15) is 0 Å². The van der Waals surface area contributed by atoms with Crippen molar-refractivity contribution in [1.29, 1.82) is 0 Å². The number of hydrogen-bond donors (Lipinski definition) is 1. The van der Waals surface area contributed by atoms with Crippen LogP contribution in [0, 0.1) is 0 Å². The Balaban J connectivity index is 1.70. The first-order chi connectivity index (χ1) is 8.24. The molecule has 1 saturated heterocycles. The zero-order valence-corrected chi connectivity index (χ0v) is 11.7. The van der Waals surface area contributed by atoms with Crippen LogP contribution in [0.2, 0.25) is 0 Å². The summed E-state index contributed by atoms with van der Waals surface area (Å²) in [5.74, 6) is 0.941. The number of ether oxygens (including phenoxy) is 1. The summed E-state index contributed by atoms with van der Waals surface area (Å²) in [6, 6.07) is 8.58. The van der Waals surface area contributed by atoms with E-state index in [1.807, 2.05) is 24.3 Å². The van der Waals surface area contributed by atoms with E-state index in [0.717, 1.165) is 43.0 Å². The Bertz CT molecular complexity index is 342. The summed E-state index contributed by atoms with van der Waals surface area (Å²) in [5, 5.41) is 3.44. The Morgan fingerprint density at radius 1 is 1.41 bits per heavy atom. The van der Waals surface area contributed by atoms with Crippen LogP contribution < -0.4 is 10.1 Å². The first kappa shape index (κ1) is 12.9. The number of nitrogens with one attached hydrogen (secondary N) is 1. The molecule has 1 aromatic rings. The van der Waals surface area contributed by atoms with Crippen molar-refractivity contribution in [2.45, 2.75) is 13.0 Å². The van der Waals surface area contributed by atoms with Crippen LogP contribution in [0.25, 0.3) is 0 Å². The third kappa shape index (κ3) is 4.30. The smallest absolute Gasteiger partial charge is 0.119 e. The largest absolute Gasteiger partial charge is 0.492 e. The van der Waals surface area contributed by atoms with Crippen LogP contribution in [0.4, 0.5) is 0 Å². The molecule has 1 atom stereocenters. The van der Waals surface area contributed by atoms with Gasteiger partial charge in [-0.05, 0) is 31.2 Å². The molecule has 2 rings (SSSR count). The van der Waals surface area contributed by atoms with E-state index >= 15 is 0 Å². The lowest BCUT2D eigenvalue weighted by Crippen LogP contribution is -2.50. The van der Waals surface area contributed by atoms with E-state index in [1.54, 1.807) is 0 Å². The van der Waals surface area contributed by atoms with Gasteiger partial charge in [-0.3, -0.25) is 4.90 Å². The SMILES string of the molecule is C[C@H]1CN(CCOc2ccc(Br)cc2)CCN1. The van der Waals surface area contributed by atoms with Gasteiger partial charge in [-0.1, -0.05) is 15.9 Å². The molecular weight excluding hydrogens is 280 g/mol. The number of nitrogens with zero attached hydrogens (tertiary/aromatic N) is 1. The maximum atomic E-state index is 5.72. The number of benzene rings is 1. The Kier molecular flexibility index (Phi) is 4.83. The summed E-state index contributed by atoms with van der Waals surface area (Å²) in [4.78, 5) is 2.44. The first-order valence-electron chi connectivity index (χ1n) is 6.08. The number of rotatable bonds is 4. The predicted octanol–water partition coefficient (Wildman–Crippen LogP) is 2.12. The summed E-state index contributed by atoms with van der Waals surface area (Å²) < 4.78 is 6.80. The molecule has 0 radical (unpaired) electrons. The van der Waals surface area contributed by atoms with Crippen molar-refractivity contribution in [3.63, 3.8) is 0 Å². The van der Waals surface area contributed by atoms with Crippen LogP contribution in [0.3, 0.4) is 0 Å². The van der Waals surface area contributed by atoms with Crippen molar-refractivity contribution in [1.82, 2.24) is 10.2 Å². The van der Waals surface area contributed by atoms with Crippen molar-refractivity contribution in [3.05, 3.63) is 28.7 Å². The topological polar surface area (TPSA) is 24.5 Å². The summed E-state index contributed by atoms with van der Waals surface area (Å²) in [6.07, 6.45) is 0. The summed E-state index contributed by atoms with van der Waals surface area (Å²) >= 11 is 3.41. The molecule has 3 nitrogen and oxygen atoms in total. The van der Waals surface area contributed by atoms with E-state index in [-0.39, 0.29) is 0 Å². The molecule has 0 saturated carbocycles. The minimum atomic E-state index is 0.594. The molecule has 1 N–H and O–H groups in total. The van der Waals surface area contributed by atoms with Crippen molar-refractivity contribution < 1.29 is 4.74 Å². The van der Waals surface area contributed by atoms with Gasteiger partial charge >= 0.3 is 0 Å². The Hall–Kier alpha value is -0.580. The van der Waals surface area contributed by atoms with Crippen LogP contribution in [0.5, 0.6) is 5.75 Å². The van der Waals surface area contributed by atoms with Crippen LogP contribution in [-0.2, 0) is 0 Å². The number of hydrogen-bond acceptors (Lipinski definition) is 3. The first-order valence-corrected chi connectivity index (χ1v) is 6.87. The fourth-order valence-electron chi connectivity index (χ4n) is 2.04. The van der Waals surface area contributed by atoms with Crippen molar-refractivity contribution in [3.8, 4) is 5.75 Å². The monoisotopic (exact) mass is 298 g/mol. The van der Waals surface area contributed by atoms with Crippen LogP contribution in [0.15, 0.2) is 28.7 Å². The second-order valence-corrected chi connectivity index (χ2v) is 5.37. The van der Waals surface area contributed by atoms with Crippen LogP contribution >= 0.6 is 15.9 Å². The van der Waals surface area contributed by atoms with E-state index in [0.29, 0.717) is 6.04 Å². The molecule has 1 fully saturated rings. The van der Waals surface area contributed by atoms with E-state index in [1.165, 1.54) is 0 Å². The molecule has 94 valence electrons. The molecule has 1 heterocycles. The fourth-order valence-corrected chi connectivity index (χ4v) is 2.30. The maximum Gasteiger partial charge on any atom is 0.119 e. The highest BCUT2D eigenvalue weighted by molar-refractivity contribution is 9.10. The van der Waals surface area contributed by atoms with Gasteiger partial charge < -0.3 is 10.1 Å². The summed E-state index contributed by atoms with van der Waals surface area (Å²) in [6.45, 7) is 7.30. The lowest BCUT2D eigenvalue weighted by molar-refractivity contribution is 0.170. The highest BCUT2D eigenvalue weighted by atomic mass is 79.9. The molecule has 0 aromatic heterocycles. The number of piperazine rings is 1. The van der Waals surface area contributed by atoms with Crippen LogP contribution in [-0.4, -0.2) is 43.7 Å². The van der Waals surface area contributed by atoms with Crippen molar-refractivity contribution in [2.75, 3.05) is 32.8 Å². The second-order valence-electron chi connectivity index (χ2n) is 4.46. The second kappa shape index (κ2) is 6.38. The summed E-state index contributed by atoms with van der Waals surface area (Å²) in [7, 11) is 0. The van der Waals surface area contributed by atoms with Gasteiger partial charge in [-0.25, -0.2) is 0 Å². The van der Waals surface area contributed by atoms with Gasteiger partial charge in [0.1, 0.15) is 12.4 Å². The highest BCUT2D eigenvalue weighted by Crippen LogP contribution is 2.15. The average molecular weight is 299 g/mol. The van der Waals surface area contributed by atoms with Crippen LogP contribution in [0.1, 0.15) is 6.92 Å². The molecule has 4 heteroatoms. The quantitative estimate of drug-likeness (QED) is 0.922. The molecule has 1 aromatic carbocycles. The van der Waals surface area contributed by atoms with E-state index in [4.69, 9.17) is 4.74 Å². The minimum Gasteiger partial charge on any atom is -0.492 e. The molecule has 17 heavy (non-hydrogen) atoms. The van der Waals surface area contributed by atoms with Gasteiger partial charge in [0.2, 0.25) is 0 Å². The lowest BCUT2D eigenvalue weighted by Gasteiger charge is -2.31. The molecule has 0 unspecified atom stereocenters. The van der Waals surface area contributed by atoms with Gasteiger partial charge in [-0.15, -0.1) is 0 Å². The molecule has 0 aliphatic carbocycles. The van der Waals surface area contributed by atoms with Gasteiger partial charge in [0.15, 0.2) is 0 Å². The van der Waals surface area contributed by atoms with E-state index < -0.39 is 0 Å². The van der Waals surface area contributed by atoms with Gasteiger partial charge in [0.25, 0.3) is 0 Å².